The topological polar surface area (TPSA) is 103 Å². The molecule has 112 valence electrons. The van der Waals surface area contributed by atoms with Gasteiger partial charge >= 0.3 is 5.97 Å². The van der Waals surface area contributed by atoms with Gasteiger partial charge < -0.3 is 19.9 Å². The molecule has 2 aromatic rings. The molecule has 22 heavy (non-hydrogen) atoms. The Bertz CT molecular complexity index is 772. The van der Waals surface area contributed by atoms with Gasteiger partial charge in [0.05, 0.1) is 30.3 Å². The Morgan fingerprint density at radius 3 is 2.77 bits per heavy atom. The number of ether oxygens (including phenoxy) is 1. The van der Waals surface area contributed by atoms with Crippen LogP contribution in [-0.4, -0.2) is 31.0 Å². The van der Waals surface area contributed by atoms with E-state index in [0.29, 0.717) is 11.3 Å². The SMILES string of the molecule is CON=Cc1ccccc1-n1cc(C#N)c(N)c1C(=O)OC. The molecular formula is C15H14N4O3. The van der Waals surface area contributed by atoms with E-state index in [2.05, 4.69) is 9.99 Å². The minimum atomic E-state index is -0.627. The quantitative estimate of drug-likeness (QED) is 0.525. The Morgan fingerprint density at radius 2 is 2.14 bits per heavy atom. The fourth-order valence-electron chi connectivity index (χ4n) is 2.03. The molecule has 0 radical (unpaired) electrons. The third kappa shape index (κ3) is 2.62. The highest BCUT2D eigenvalue weighted by atomic mass is 16.6. The number of nitriles is 1. The summed E-state index contributed by atoms with van der Waals surface area (Å²) in [6.07, 6.45) is 2.99. The lowest BCUT2D eigenvalue weighted by Crippen LogP contribution is -2.12. The number of hydrogen-bond donors (Lipinski definition) is 1. The Morgan fingerprint density at radius 1 is 1.41 bits per heavy atom. The molecule has 0 fully saturated rings. The van der Waals surface area contributed by atoms with Crippen LogP contribution in [0, 0.1) is 11.3 Å². The number of nitrogens with two attached hydrogens (primary N) is 1. The van der Waals surface area contributed by atoms with Gasteiger partial charge in [-0.05, 0) is 6.07 Å². The highest BCUT2D eigenvalue weighted by Gasteiger charge is 2.22. The Labute approximate surface area is 127 Å². The molecule has 0 aliphatic carbocycles. The lowest BCUT2D eigenvalue weighted by Gasteiger charge is -2.10. The lowest BCUT2D eigenvalue weighted by atomic mass is 10.2. The maximum Gasteiger partial charge on any atom is 0.357 e. The van der Waals surface area contributed by atoms with Crippen molar-refractivity contribution >= 4 is 17.9 Å². The van der Waals surface area contributed by atoms with Gasteiger partial charge in [-0.2, -0.15) is 5.26 Å². The van der Waals surface area contributed by atoms with Gasteiger partial charge in [-0.3, -0.25) is 0 Å². The van der Waals surface area contributed by atoms with Crippen LogP contribution in [0.4, 0.5) is 5.69 Å². The zero-order valence-corrected chi connectivity index (χ0v) is 12.1. The van der Waals surface area contributed by atoms with E-state index in [1.807, 2.05) is 12.1 Å². The van der Waals surface area contributed by atoms with E-state index >= 15 is 0 Å². The largest absolute Gasteiger partial charge is 0.464 e. The summed E-state index contributed by atoms with van der Waals surface area (Å²) in [5, 5.41) is 12.8. The molecule has 2 rings (SSSR count). The minimum absolute atomic E-state index is 0.0767. The van der Waals surface area contributed by atoms with E-state index in [1.165, 1.54) is 31.2 Å². The number of anilines is 1. The predicted molar refractivity (Wildman–Crippen MR) is 80.8 cm³/mol. The molecule has 0 aliphatic rings. The molecule has 7 heteroatoms. The van der Waals surface area contributed by atoms with Crippen LogP contribution in [0.5, 0.6) is 0 Å². The highest BCUT2D eigenvalue weighted by molar-refractivity contribution is 5.96. The third-order valence-corrected chi connectivity index (χ3v) is 3.04. The molecule has 2 N–H and O–H groups in total. The average Bonchev–Trinajstić information content (AvgIpc) is 2.89. The fraction of sp³-hybridized carbons (Fsp3) is 0.133. The van der Waals surface area contributed by atoms with E-state index in [0.717, 1.165) is 0 Å². The van der Waals surface area contributed by atoms with Gasteiger partial charge in [-0.1, -0.05) is 23.4 Å². The first kappa shape index (κ1) is 15.1. The van der Waals surface area contributed by atoms with Crippen LogP contribution in [0.1, 0.15) is 21.6 Å². The molecule has 0 aliphatic heterocycles. The number of esters is 1. The second-order valence-electron chi connectivity index (χ2n) is 4.25. The van der Waals surface area contributed by atoms with E-state index in [-0.39, 0.29) is 16.9 Å². The van der Waals surface area contributed by atoms with Crippen LogP contribution in [0.15, 0.2) is 35.6 Å². The van der Waals surface area contributed by atoms with Crippen LogP contribution in [0.25, 0.3) is 5.69 Å². The van der Waals surface area contributed by atoms with Crippen molar-refractivity contribution in [1.82, 2.24) is 4.57 Å². The third-order valence-electron chi connectivity index (χ3n) is 3.04. The van der Waals surface area contributed by atoms with Crippen molar-refractivity contribution in [3.05, 3.63) is 47.3 Å². The molecule has 1 aromatic carbocycles. The first-order valence-corrected chi connectivity index (χ1v) is 6.29. The van der Waals surface area contributed by atoms with Crippen LogP contribution < -0.4 is 5.73 Å². The van der Waals surface area contributed by atoms with E-state index in [4.69, 9.17) is 15.7 Å². The van der Waals surface area contributed by atoms with Crippen molar-refractivity contribution in [1.29, 1.82) is 5.26 Å². The Kier molecular flexibility index (Phi) is 4.44. The summed E-state index contributed by atoms with van der Waals surface area (Å²) in [5.41, 5.74) is 7.55. The number of methoxy groups -OCH3 is 1. The van der Waals surface area contributed by atoms with Crippen molar-refractivity contribution in [2.45, 2.75) is 0 Å². The number of nitrogens with zero attached hydrogens (tertiary/aromatic N) is 3. The van der Waals surface area contributed by atoms with Gasteiger partial charge in [0.15, 0.2) is 5.69 Å². The van der Waals surface area contributed by atoms with E-state index in [1.54, 1.807) is 18.2 Å². The van der Waals surface area contributed by atoms with Crippen molar-refractivity contribution < 1.29 is 14.4 Å². The monoisotopic (exact) mass is 298 g/mol. The fourth-order valence-corrected chi connectivity index (χ4v) is 2.03. The molecule has 0 saturated heterocycles. The Balaban J connectivity index is 2.71. The van der Waals surface area contributed by atoms with Gasteiger partial charge in [0.25, 0.3) is 0 Å². The van der Waals surface area contributed by atoms with Crippen molar-refractivity contribution in [2.24, 2.45) is 5.16 Å². The molecule has 0 saturated carbocycles. The number of aromatic nitrogens is 1. The van der Waals surface area contributed by atoms with E-state index < -0.39 is 5.97 Å². The van der Waals surface area contributed by atoms with Gasteiger partial charge in [-0.25, -0.2) is 4.79 Å². The molecule has 0 unspecified atom stereocenters. The van der Waals surface area contributed by atoms with Crippen molar-refractivity contribution in [3.8, 4) is 11.8 Å². The summed E-state index contributed by atoms with van der Waals surface area (Å²) in [5.74, 6) is -0.627. The average molecular weight is 298 g/mol. The summed E-state index contributed by atoms with van der Waals surface area (Å²) >= 11 is 0. The molecule has 7 nitrogen and oxygen atoms in total. The second kappa shape index (κ2) is 6.45. The summed E-state index contributed by atoms with van der Waals surface area (Å²) in [6.45, 7) is 0. The zero-order chi connectivity index (χ0) is 16.1. The number of carbonyl (C=O) groups is 1. The number of benzene rings is 1. The Hall–Kier alpha value is -3.27. The maximum absolute atomic E-state index is 12.0. The molecule has 0 atom stereocenters. The number of carbonyl (C=O) groups excluding carboxylic acids is 1. The van der Waals surface area contributed by atoms with E-state index in [9.17, 15) is 4.79 Å². The van der Waals surface area contributed by atoms with Gasteiger partial charge in [0, 0.05) is 11.8 Å². The molecule has 0 spiro atoms. The standard InChI is InChI=1S/C15H14N4O3/c1-21-15(20)14-13(17)11(7-16)9-19(14)12-6-4-3-5-10(12)8-18-22-2/h3-6,8-9H,17H2,1-2H3. The van der Waals surface area contributed by atoms with Crippen molar-refractivity contribution in [2.75, 3.05) is 20.0 Å². The normalized spacial score (nSPS) is 10.4. The summed E-state index contributed by atoms with van der Waals surface area (Å²) in [4.78, 5) is 16.7. The van der Waals surface area contributed by atoms with Gasteiger partial charge in [0.1, 0.15) is 13.2 Å². The number of rotatable bonds is 4. The summed E-state index contributed by atoms with van der Waals surface area (Å²) < 4.78 is 6.26. The smallest absolute Gasteiger partial charge is 0.357 e. The van der Waals surface area contributed by atoms with Crippen LogP contribution in [0.3, 0.4) is 0 Å². The first-order chi connectivity index (χ1) is 10.6. The maximum atomic E-state index is 12.0. The summed E-state index contributed by atoms with van der Waals surface area (Å²) in [6, 6.07) is 9.13. The lowest BCUT2D eigenvalue weighted by molar-refractivity contribution is 0.0593. The molecular weight excluding hydrogens is 284 g/mol. The van der Waals surface area contributed by atoms with Crippen molar-refractivity contribution in [3.63, 3.8) is 0 Å². The summed E-state index contributed by atoms with van der Waals surface area (Å²) in [7, 11) is 2.68. The van der Waals surface area contributed by atoms with Crippen LogP contribution in [0.2, 0.25) is 0 Å². The second-order valence-corrected chi connectivity index (χ2v) is 4.25. The molecule has 1 aromatic heterocycles. The zero-order valence-electron chi connectivity index (χ0n) is 12.1. The van der Waals surface area contributed by atoms with Crippen LogP contribution in [-0.2, 0) is 9.57 Å². The molecule has 0 bridgehead atoms. The predicted octanol–water partition coefficient (Wildman–Crippen LogP) is 1.70. The number of nitrogen functional groups attached to an aromatic ring is 1. The first-order valence-electron chi connectivity index (χ1n) is 6.29. The number of para-hydroxylation sites is 1. The number of hydrogen-bond acceptors (Lipinski definition) is 6. The number of oxime groups is 1. The van der Waals surface area contributed by atoms with Gasteiger partial charge in [-0.15, -0.1) is 0 Å². The minimum Gasteiger partial charge on any atom is -0.464 e. The highest BCUT2D eigenvalue weighted by Crippen LogP contribution is 2.26. The molecule has 0 amide bonds. The van der Waals surface area contributed by atoms with Gasteiger partial charge in [0.2, 0.25) is 0 Å². The molecule has 1 heterocycles. The van der Waals surface area contributed by atoms with Crippen LogP contribution >= 0.6 is 0 Å².